The first-order valence-corrected chi connectivity index (χ1v) is 13.7. The van der Waals surface area contributed by atoms with Crippen LogP contribution in [0.25, 0.3) is 32.9 Å². The lowest BCUT2D eigenvalue weighted by molar-refractivity contribution is 0.112. The molecule has 2 aliphatic rings. The molecular formula is C28H25ClFN3OS. The van der Waals surface area contributed by atoms with E-state index in [4.69, 9.17) is 21.6 Å². The molecule has 2 aromatic carbocycles. The number of halogens is 2. The second-order valence-electron chi connectivity index (χ2n) is 9.92. The van der Waals surface area contributed by atoms with Crippen LogP contribution in [0.4, 0.5) is 4.39 Å². The number of carbonyl (C=O) groups is 1. The van der Waals surface area contributed by atoms with Crippen molar-refractivity contribution in [2.24, 2.45) is 11.8 Å². The van der Waals surface area contributed by atoms with Gasteiger partial charge < -0.3 is 0 Å². The minimum atomic E-state index is -0.493. The van der Waals surface area contributed by atoms with Crippen molar-refractivity contribution in [1.82, 2.24) is 15.0 Å². The lowest BCUT2D eigenvalue weighted by Gasteiger charge is -2.28. The highest BCUT2D eigenvalue weighted by Crippen LogP contribution is 2.49. The molecule has 0 aliphatic heterocycles. The molecule has 2 heterocycles. The van der Waals surface area contributed by atoms with Crippen molar-refractivity contribution < 1.29 is 9.18 Å². The SMILES string of the molecule is CSc1nc(C2CC3CCC(C3)C2)c2c(C)nc(-c3cc(C=O)cc4cccc(Cl)c34)c(F)c2n1. The molecular weight excluding hydrogens is 481 g/mol. The first kappa shape index (κ1) is 22.9. The number of rotatable bonds is 4. The zero-order valence-corrected chi connectivity index (χ0v) is 21.2. The Morgan fingerprint density at radius 3 is 2.54 bits per heavy atom. The maximum Gasteiger partial charge on any atom is 0.188 e. The van der Waals surface area contributed by atoms with Crippen LogP contribution in [0.5, 0.6) is 0 Å². The number of aryl methyl sites for hydroxylation is 1. The summed E-state index contributed by atoms with van der Waals surface area (Å²) < 4.78 is 16.4. The maximum atomic E-state index is 16.4. The molecule has 4 nitrogen and oxygen atoms in total. The molecule has 35 heavy (non-hydrogen) atoms. The Kier molecular flexibility index (Phi) is 5.76. The van der Waals surface area contributed by atoms with Crippen LogP contribution >= 0.6 is 23.4 Å². The fourth-order valence-electron chi connectivity index (χ4n) is 6.31. The highest BCUT2D eigenvalue weighted by molar-refractivity contribution is 7.98. The number of benzene rings is 2. The number of carbonyl (C=O) groups excluding carboxylic acids is 1. The molecule has 0 saturated heterocycles. The second kappa shape index (κ2) is 8.82. The molecule has 0 radical (unpaired) electrons. The molecule has 7 heteroatoms. The second-order valence-corrected chi connectivity index (χ2v) is 11.1. The molecule has 2 atom stereocenters. The Hall–Kier alpha value is -2.57. The molecule has 0 spiro atoms. The summed E-state index contributed by atoms with van der Waals surface area (Å²) in [6.45, 7) is 1.90. The fraction of sp³-hybridized carbons (Fsp3) is 0.357. The predicted molar refractivity (Wildman–Crippen MR) is 140 cm³/mol. The van der Waals surface area contributed by atoms with E-state index in [-0.39, 0.29) is 5.69 Å². The molecule has 2 bridgehead atoms. The van der Waals surface area contributed by atoms with Crippen molar-refractivity contribution in [3.05, 3.63) is 58.1 Å². The van der Waals surface area contributed by atoms with Crippen LogP contribution in [-0.2, 0) is 0 Å². The highest BCUT2D eigenvalue weighted by atomic mass is 35.5. The Balaban J connectivity index is 1.62. The van der Waals surface area contributed by atoms with Crippen LogP contribution in [0.15, 0.2) is 35.5 Å². The average molecular weight is 506 g/mol. The summed E-state index contributed by atoms with van der Waals surface area (Å²) in [4.78, 5) is 26.0. The molecule has 2 aliphatic carbocycles. The number of pyridine rings is 1. The number of aldehydes is 1. The van der Waals surface area contributed by atoms with Crippen molar-refractivity contribution in [3.8, 4) is 11.3 Å². The van der Waals surface area contributed by atoms with Crippen molar-refractivity contribution in [2.45, 2.75) is 50.1 Å². The summed E-state index contributed by atoms with van der Waals surface area (Å²) in [5, 5.41) is 3.23. The van der Waals surface area contributed by atoms with Crippen LogP contribution in [0.3, 0.4) is 0 Å². The Morgan fingerprint density at radius 1 is 1.06 bits per heavy atom. The average Bonchev–Trinajstić information content (AvgIpc) is 3.21. The van der Waals surface area contributed by atoms with Gasteiger partial charge in [0.2, 0.25) is 0 Å². The van der Waals surface area contributed by atoms with E-state index in [1.807, 2.05) is 25.3 Å². The third-order valence-electron chi connectivity index (χ3n) is 7.77. The van der Waals surface area contributed by atoms with Gasteiger partial charge in [-0.1, -0.05) is 48.3 Å². The van der Waals surface area contributed by atoms with Gasteiger partial charge in [-0.25, -0.2) is 19.3 Å². The molecule has 0 N–H and O–H groups in total. The Bertz CT molecular complexity index is 1500. The van der Waals surface area contributed by atoms with Crippen molar-refractivity contribution in [3.63, 3.8) is 0 Å². The number of thioether (sulfide) groups is 1. The molecule has 2 unspecified atom stereocenters. The van der Waals surface area contributed by atoms with Gasteiger partial charge in [0.05, 0.1) is 5.69 Å². The molecule has 2 aromatic heterocycles. The van der Waals surface area contributed by atoms with Crippen LogP contribution in [0, 0.1) is 24.6 Å². The first-order chi connectivity index (χ1) is 17.0. The van der Waals surface area contributed by atoms with Crippen LogP contribution in [-0.4, -0.2) is 27.5 Å². The molecule has 2 fully saturated rings. The summed E-state index contributed by atoms with van der Waals surface area (Å²) in [6, 6.07) is 8.87. The zero-order valence-electron chi connectivity index (χ0n) is 19.6. The maximum absolute atomic E-state index is 16.4. The third-order valence-corrected chi connectivity index (χ3v) is 8.63. The van der Waals surface area contributed by atoms with Gasteiger partial charge in [-0.15, -0.1) is 0 Å². The van der Waals surface area contributed by atoms with Gasteiger partial charge in [-0.3, -0.25) is 4.79 Å². The molecule has 6 rings (SSSR count). The summed E-state index contributed by atoms with van der Waals surface area (Å²) in [6.07, 6.45) is 8.77. The lowest BCUT2D eigenvalue weighted by atomic mass is 9.78. The van der Waals surface area contributed by atoms with E-state index in [0.29, 0.717) is 43.8 Å². The van der Waals surface area contributed by atoms with Gasteiger partial charge in [-0.2, -0.15) is 0 Å². The molecule has 4 aromatic rings. The van der Waals surface area contributed by atoms with E-state index in [2.05, 4.69) is 4.98 Å². The highest BCUT2D eigenvalue weighted by Gasteiger charge is 2.37. The number of hydrogen-bond donors (Lipinski definition) is 0. The van der Waals surface area contributed by atoms with E-state index in [9.17, 15) is 4.79 Å². The fourth-order valence-corrected chi connectivity index (χ4v) is 6.97. The van der Waals surface area contributed by atoms with Crippen molar-refractivity contribution >= 4 is 51.3 Å². The third kappa shape index (κ3) is 3.82. The van der Waals surface area contributed by atoms with Crippen LogP contribution in [0.1, 0.15) is 59.8 Å². The van der Waals surface area contributed by atoms with Gasteiger partial charge in [0.15, 0.2) is 11.0 Å². The van der Waals surface area contributed by atoms with Crippen molar-refractivity contribution in [2.75, 3.05) is 6.26 Å². The van der Waals surface area contributed by atoms with E-state index < -0.39 is 5.82 Å². The monoisotopic (exact) mass is 505 g/mol. The Morgan fingerprint density at radius 2 is 1.83 bits per heavy atom. The lowest BCUT2D eigenvalue weighted by Crippen LogP contribution is -2.17. The minimum absolute atomic E-state index is 0.164. The Labute approximate surface area is 212 Å². The summed E-state index contributed by atoms with van der Waals surface area (Å²) >= 11 is 7.99. The number of nitrogens with zero attached hydrogens (tertiary/aromatic N) is 3. The summed E-state index contributed by atoms with van der Waals surface area (Å²) in [5.74, 6) is 1.28. The quantitative estimate of drug-likeness (QED) is 0.161. The van der Waals surface area contributed by atoms with Gasteiger partial charge in [0, 0.05) is 38.5 Å². The molecule has 2 saturated carbocycles. The van der Waals surface area contributed by atoms with Gasteiger partial charge in [-0.05, 0) is 67.9 Å². The van der Waals surface area contributed by atoms with Crippen LogP contribution < -0.4 is 0 Å². The number of hydrogen-bond acceptors (Lipinski definition) is 5. The summed E-state index contributed by atoms with van der Waals surface area (Å²) in [7, 11) is 0. The van der Waals surface area contributed by atoms with E-state index in [1.54, 1.807) is 18.2 Å². The van der Waals surface area contributed by atoms with E-state index in [0.717, 1.165) is 47.4 Å². The van der Waals surface area contributed by atoms with Gasteiger partial charge in [0.1, 0.15) is 17.5 Å². The topological polar surface area (TPSA) is 55.7 Å². The number of aromatic nitrogens is 3. The van der Waals surface area contributed by atoms with E-state index in [1.165, 1.54) is 31.0 Å². The summed E-state index contributed by atoms with van der Waals surface area (Å²) in [5.41, 5.74) is 3.05. The standard InChI is InChI=1S/C28H25ClFN3OS/c1-14-22-25(19-9-15-6-7-16(8-15)10-19)32-28(35-2)33-27(22)24(30)26(31-14)20-12-17(13-34)11-18-4-3-5-21(29)23(18)20/h3-5,11-13,15-16,19H,6-10H2,1-2H3. The van der Waals surface area contributed by atoms with E-state index >= 15 is 4.39 Å². The largest absolute Gasteiger partial charge is 0.298 e. The molecule has 178 valence electrons. The van der Waals surface area contributed by atoms with Crippen molar-refractivity contribution in [1.29, 1.82) is 0 Å². The van der Waals surface area contributed by atoms with Gasteiger partial charge in [0.25, 0.3) is 0 Å². The smallest absolute Gasteiger partial charge is 0.188 e. The normalized spacial score (nSPS) is 21.7. The first-order valence-electron chi connectivity index (χ1n) is 12.1. The number of fused-ring (bicyclic) bond motifs is 4. The predicted octanol–water partition coefficient (Wildman–Crippen LogP) is 7.77. The molecule has 0 amide bonds. The van der Waals surface area contributed by atoms with Crippen LogP contribution in [0.2, 0.25) is 5.02 Å². The minimum Gasteiger partial charge on any atom is -0.298 e. The zero-order chi connectivity index (χ0) is 24.3. The van der Waals surface area contributed by atoms with Gasteiger partial charge >= 0.3 is 0 Å².